The Morgan fingerprint density at radius 3 is 2.58 bits per heavy atom. The largest absolute Gasteiger partial charge is 0.466 e. The fourth-order valence-corrected chi connectivity index (χ4v) is 4.79. The molecule has 0 radical (unpaired) electrons. The molecule has 0 N–H and O–H groups in total. The number of benzene rings is 1. The third kappa shape index (κ3) is 4.65. The highest BCUT2D eigenvalue weighted by Gasteiger charge is 2.32. The van der Waals surface area contributed by atoms with Crippen molar-refractivity contribution in [3.63, 3.8) is 0 Å². The van der Waals surface area contributed by atoms with E-state index in [2.05, 4.69) is 0 Å². The van der Waals surface area contributed by atoms with Crippen molar-refractivity contribution in [2.75, 3.05) is 33.3 Å². The normalized spacial score (nSPS) is 15.9. The summed E-state index contributed by atoms with van der Waals surface area (Å²) in [4.78, 5) is 41.2. The highest BCUT2D eigenvalue weighted by molar-refractivity contribution is 5.96. The Morgan fingerprint density at radius 2 is 1.88 bits per heavy atom. The number of fused-ring (bicyclic) bond motifs is 1. The van der Waals surface area contributed by atoms with E-state index in [1.807, 2.05) is 35.9 Å². The summed E-state index contributed by atoms with van der Waals surface area (Å²) < 4.78 is 7.00. The van der Waals surface area contributed by atoms with Crippen LogP contribution < -0.4 is 0 Å². The van der Waals surface area contributed by atoms with E-state index in [-0.39, 0.29) is 30.2 Å². The van der Waals surface area contributed by atoms with Crippen molar-refractivity contribution in [3.8, 4) is 5.69 Å². The zero-order valence-electron chi connectivity index (χ0n) is 19.7. The summed E-state index contributed by atoms with van der Waals surface area (Å²) >= 11 is 0. The lowest BCUT2D eigenvalue weighted by Gasteiger charge is -2.32. The molecule has 2 aromatic rings. The molecule has 0 saturated carbocycles. The lowest BCUT2D eigenvalue weighted by Crippen LogP contribution is -2.45. The SMILES string of the molecule is CCOC(=O)C1CCN(C(=O)CN(C)C(=O)c2nn(-c3ccccc3C)c3c2CCC3)CC1. The molecule has 176 valence electrons. The maximum atomic E-state index is 13.3. The summed E-state index contributed by atoms with van der Waals surface area (Å²) in [5.41, 5.74) is 4.62. The number of ether oxygens (including phenoxy) is 1. The van der Waals surface area contributed by atoms with Crippen molar-refractivity contribution in [2.45, 2.75) is 46.0 Å². The highest BCUT2D eigenvalue weighted by Crippen LogP contribution is 2.29. The van der Waals surface area contributed by atoms with Gasteiger partial charge in [0.05, 0.1) is 24.8 Å². The average Bonchev–Trinajstić information content (AvgIpc) is 3.42. The monoisotopic (exact) mass is 452 g/mol. The Labute approximate surface area is 194 Å². The number of hydrogen-bond acceptors (Lipinski definition) is 5. The van der Waals surface area contributed by atoms with Gasteiger partial charge in [-0.3, -0.25) is 14.4 Å². The Hall–Kier alpha value is -3.16. The van der Waals surface area contributed by atoms with Crippen LogP contribution in [0.25, 0.3) is 5.69 Å². The van der Waals surface area contributed by atoms with E-state index >= 15 is 0 Å². The number of carbonyl (C=O) groups is 3. The number of piperidine rings is 1. The molecule has 8 nitrogen and oxygen atoms in total. The van der Waals surface area contributed by atoms with Gasteiger partial charge in [0, 0.05) is 31.4 Å². The fraction of sp³-hybridized carbons (Fsp3) is 0.520. The number of hydrogen-bond donors (Lipinski definition) is 0. The molecule has 2 amide bonds. The zero-order chi connectivity index (χ0) is 23.5. The van der Waals surface area contributed by atoms with Gasteiger partial charge in [-0.2, -0.15) is 5.10 Å². The van der Waals surface area contributed by atoms with Crippen molar-refractivity contribution < 1.29 is 19.1 Å². The second kappa shape index (κ2) is 9.77. The summed E-state index contributed by atoms with van der Waals surface area (Å²) in [6.45, 7) is 5.20. The first-order chi connectivity index (χ1) is 15.9. The Morgan fingerprint density at radius 1 is 1.15 bits per heavy atom. The lowest BCUT2D eigenvalue weighted by molar-refractivity contribution is -0.151. The summed E-state index contributed by atoms with van der Waals surface area (Å²) in [6.07, 6.45) is 3.90. The molecule has 1 fully saturated rings. The quantitative estimate of drug-likeness (QED) is 0.629. The van der Waals surface area contributed by atoms with Gasteiger partial charge >= 0.3 is 5.97 Å². The molecular weight excluding hydrogens is 420 g/mol. The molecule has 1 aromatic heterocycles. The minimum Gasteiger partial charge on any atom is -0.466 e. The highest BCUT2D eigenvalue weighted by atomic mass is 16.5. The third-order valence-corrected chi connectivity index (χ3v) is 6.66. The van der Waals surface area contributed by atoms with E-state index < -0.39 is 0 Å². The maximum absolute atomic E-state index is 13.3. The Bertz CT molecular complexity index is 1050. The molecule has 33 heavy (non-hydrogen) atoms. The van der Waals surface area contributed by atoms with Crippen LogP contribution in [-0.2, 0) is 27.2 Å². The number of esters is 1. The maximum Gasteiger partial charge on any atom is 0.309 e. The van der Waals surface area contributed by atoms with Crippen molar-refractivity contribution in [2.24, 2.45) is 5.92 Å². The van der Waals surface area contributed by atoms with Crippen molar-refractivity contribution in [1.82, 2.24) is 19.6 Å². The van der Waals surface area contributed by atoms with Crippen LogP contribution in [-0.4, -0.2) is 70.7 Å². The second-order valence-electron chi connectivity index (χ2n) is 8.89. The number of nitrogens with zero attached hydrogens (tertiary/aromatic N) is 4. The first kappa shape index (κ1) is 23.0. The van der Waals surface area contributed by atoms with Crippen molar-refractivity contribution in [1.29, 1.82) is 0 Å². The molecule has 0 atom stereocenters. The van der Waals surface area contributed by atoms with Crippen LogP contribution in [0.5, 0.6) is 0 Å². The number of carbonyl (C=O) groups excluding carboxylic acids is 3. The van der Waals surface area contributed by atoms with Gasteiger partial charge < -0.3 is 14.5 Å². The van der Waals surface area contributed by atoms with E-state index in [1.165, 1.54) is 4.90 Å². The average molecular weight is 453 g/mol. The standard InChI is InChI=1S/C25H32N4O4/c1-4-33-25(32)18-12-14-28(15-13-18)22(30)16-27(3)24(31)23-19-9-7-11-21(19)29(26-23)20-10-6-5-8-17(20)2/h5-6,8,10,18H,4,7,9,11-16H2,1-3H3. The van der Waals surface area contributed by atoms with Crippen LogP contribution in [0.15, 0.2) is 24.3 Å². The Kier molecular flexibility index (Phi) is 6.81. The number of likely N-dealkylation sites (N-methyl/N-ethyl adjacent to an activating group) is 1. The third-order valence-electron chi connectivity index (χ3n) is 6.66. The minimum atomic E-state index is -0.227. The first-order valence-electron chi connectivity index (χ1n) is 11.8. The number of rotatable bonds is 6. The number of likely N-dealkylation sites (tertiary alicyclic amines) is 1. The molecule has 1 aliphatic carbocycles. The molecule has 0 spiro atoms. The number of para-hydroxylation sites is 1. The smallest absolute Gasteiger partial charge is 0.309 e. The van der Waals surface area contributed by atoms with E-state index in [9.17, 15) is 14.4 Å². The summed E-state index contributed by atoms with van der Waals surface area (Å²) in [6, 6.07) is 8.02. The van der Waals surface area contributed by atoms with Gasteiger partial charge in [-0.25, -0.2) is 4.68 Å². The molecule has 0 bridgehead atoms. The van der Waals surface area contributed by atoms with Gasteiger partial charge in [0.25, 0.3) is 5.91 Å². The predicted octanol–water partition coefficient (Wildman–Crippen LogP) is 2.54. The van der Waals surface area contributed by atoms with Gasteiger partial charge in [-0.15, -0.1) is 0 Å². The molecule has 8 heteroatoms. The van der Waals surface area contributed by atoms with Crippen LogP contribution in [0, 0.1) is 12.8 Å². The minimum absolute atomic E-state index is 0.00506. The van der Waals surface area contributed by atoms with Crippen LogP contribution in [0.4, 0.5) is 0 Å². The van der Waals surface area contributed by atoms with Crippen LogP contribution in [0.2, 0.25) is 0 Å². The molecule has 1 aromatic carbocycles. The van der Waals surface area contributed by atoms with Gasteiger partial charge in [-0.05, 0) is 57.6 Å². The van der Waals surface area contributed by atoms with Crippen LogP contribution in [0.3, 0.4) is 0 Å². The number of aromatic nitrogens is 2. The molecule has 2 heterocycles. The van der Waals surface area contributed by atoms with E-state index in [4.69, 9.17) is 9.84 Å². The number of aryl methyl sites for hydroxylation is 1. The molecule has 4 rings (SSSR count). The zero-order valence-corrected chi connectivity index (χ0v) is 19.7. The van der Waals surface area contributed by atoms with Crippen LogP contribution in [0.1, 0.15) is 53.5 Å². The molecule has 0 unspecified atom stereocenters. The molecule has 1 aliphatic heterocycles. The van der Waals surface area contributed by atoms with Crippen molar-refractivity contribution in [3.05, 3.63) is 46.8 Å². The molecule has 1 saturated heterocycles. The van der Waals surface area contributed by atoms with Crippen LogP contribution >= 0.6 is 0 Å². The van der Waals surface area contributed by atoms with Gasteiger partial charge in [0.15, 0.2) is 5.69 Å². The molecular formula is C25H32N4O4. The lowest BCUT2D eigenvalue weighted by atomic mass is 9.97. The van der Waals surface area contributed by atoms with E-state index in [1.54, 1.807) is 18.9 Å². The second-order valence-corrected chi connectivity index (χ2v) is 8.89. The number of amides is 2. The predicted molar refractivity (Wildman–Crippen MR) is 123 cm³/mol. The topological polar surface area (TPSA) is 84.7 Å². The van der Waals surface area contributed by atoms with E-state index in [0.717, 1.165) is 41.8 Å². The van der Waals surface area contributed by atoms with E-state index in [0.29, 0.717) is 38.2 Å². The van der Waals surface area contributed by atoms with Gasteiger partial charge in [0.2, 0.25) is 5.91 Å². The summed E-state index contributed by atoms with van der Waals surface area (Å²) in [5, 5.41) is 4.70. The fourth-order valence-electron chi connectivity index (χ4n) is 4.79. The summed E-state index contributed by atoms with van der Waals surface area (Å²) in [5.74, 6) is -0.672. The Balaban J connectivity index is 1.43. The molecule has 2 aliphatic rings. The van der Waals surface area contributed by atoms with Crippen molar-refractivity contribution >= 4 is 17.8 Å². The van der Waals surface area contributed by atoms with Gasteiger partial charge in [0.1, 0.15) is 0 Å². The van der Waals surface area contributed by atoms with Gasteiger partial charge in [-0.1, -0.05) is 18.2 Å². The summed E-state index contributed by atoms with van der Waals surface area (Å²) in [7, 11) is 1.65. The first-order valence-corrected chi connectivity index (χ1v) is 11.8.